The minimum Gasteiger partial charge on any atom is -0.375 e. The molecule has 2 N–H and O–H groups in total. The van der Waals surface area contributed by atoms with E-state index in [0.717, 1.165) is 12.5 Å². The van der Waals surface area contributed by atoms with Gasteiger partial charge in [0.2, 0.25) is 0 Å². The average molecular weight is 516 g/mol. The van der Waals surface area contributed by atoms with Crippen LogP contribution in [0.1, 0.15) is 62.3 Å². The van der Waals surface area contributed by atoms with Crippen LogP contribution < -0.4 is 16.6 Å². The smallest absolute Gasteiger partial charge is 0.348 e. The molecule has 0 saturated heterocycles. The Kier molecular flexibility index (Phi) is 7.15. The van der Waals surface area contributed by atoms with Crippen molar-refractivity contribution < 1.29 is 17.9 Å². The quantitative estimate of drug-likeness (QED) is 0.387. The number of nitrogens with zero attached hydrogens (tertiary/aromatic N) is 3. The molecule has 8 nitrogen and oxygen atoms in total. The molecule has 4 rings (SSSR count). The van der Waals surface area contributed by atoms with Gasteiger partial charge in [-0.2, -0.15) is 19.0 Å². The van der Waals surface area contributed by atoms with Crippen LogP contribution in [0.2, 0.25) is 0 Å². The molecule has 3 aromatic rings. The van der Waals surface area contributed by atoms with Crippen LogP contribution in [0.3, 0.4) is 0 Å². The van der Waals surface area contributed by atoms with Gasteiger partial charge in [-0.3, -0.25) is 14.3 Å². The van der Waals surface area contributed by atoms with Crippen LogP contribution in [-0.4, -0.2) is 27.7 Å². The molecule has 0 spiro atoms. The highest BCUT2D eigenvalue weighted by atomic mass is 19.3. The van der Waals surface area contributed by atoms with Crippen LogP contribution in [0.5, 0.6) is 0 Å². The van der Waals surface area contributed by atoms with Gasteiger partial charge in [0, 0.05) is 24.8 Å². The van der Waals surface area contributed by atoms with E-state index in [9.17, 15) is 23.6 Å². The summed E-state index contributed by atoms with van der Waals surface area (Å²) in [5, 5.41) is 12.9. The maximum atomic E-state index is 15.3. The van der Waals surface area contributed by atoms with Crippen molar-refractivity contribution in [3.8, 4) is 6.07 Å². The van der Waals surface area contributed by atoms with Crippen LogP contribution >= 0.6 is 0 Å². The number of benzene rings is 1. The second kappa shape index (κ2) is 10.0. The molecular weight excluding hydrogens is 487 g/mol. The Hall–Kier alpha value is -3.65. The first-order valence-corrected chi connectivity index (χ1v) is 12.1. The van der Waals surface area contributed by atoms with Crippen molar-refractivity contribution in [2.24, 2.45) is 7.05 Å². The highest BCUT2D eigenvalue weighted by Gasteiger charge is 2.47. The largest absolute Gasteiger partial charge is 0.375 e. The number of fused-ring (bicyclic) bond motifs is 1. The molecule has 1 saturated carbocycles. The third kappa shape index (κ3) is 4.98. The van der Waals surface area contributed by atoms with Crippen molar-refractivity contribution in [2.75, 3.05) is 18.5 Å². The SMILES string of the molecule is CCCCOCC(F)(F)c1cccc([C@@H](C)Nc2[nH]c(=O)nc3c2cc(C2(C#N)CC2)c(=O)n3C)c1F. The number of rotatable bonds is 10. The fourth-order valence-electron chi connectivity index (χ4n) is 4.35. The topological polar surface area (TPSA) is 113 Å². The predicted molar refractivity (Wildman–Crippen MR) is 132 cm³/mol. The lowest BCUT2D eigenvalue weighted by Crippen LogP contribution is -2.29. The maximum Gasteiger partial charge on any atom is 0.348 e. The number of aromatic nitrogens is 3. The summed E-state index contributed by atoms with van der Waals surface area (Å²) >= 11 is 0. The number of nitriles is 1. The molecule has 37 heavy (non-hydrogen) atoms. The third-order valence-electron chi connectivity index (χ3n) is 6.75. The van der Waals surface area contributed by atoms with E-state index in [4.69, 9.17) is 4.74 Å². The van der Waals surface area contributed by atoms with Gasteiger partial charge < -0.3 is 10.1 Å². The van der Waals surface area contributed by atoms with Crippen LogP contribution in [-0.2, 0) is 23.1 Å². The van der Waals surface area contributed by atoms with Gasteiger partial charge in [0.25, 0.3) is 11.5 Å². The number of pyridine rings is 1. The average Bonchev–Trinajstić information content (AvgIpc) is 3.65. The van der Waals surface area contributed by atoms with Gasteiger partial charge in [0.15, 0.2) is 5.65 Å². The number of halogens is 3. The fraction of sp³-hybridized carbons (Fsp3) is 0.462. The van der Waals surface area contributed by atoms with Crippen molar-refractivity contribution in [1.82, 2.24) is 14.5 Å². The number of aromatic amines is 1. The molecule has 1 aromatic carbocycles. The summed E-state index contributed by atoms with van der Waals surface area (Å²) in [6.07, 6.45) is 2.49. The van der Waals surface area contributed by atoms with E-state index in [1.165, 1.54) is 29.8 Å². The molecule has 0 bridgehead atoms. The molecular formula is C26H28F3N5O3. The van der Waals surface area contributed by atoms with Gasteiger partial charge in [-0.15, -0.1) is 0 Å². The van der Waals surface area contributed by atoms with Crippen LogP contribution in [0.4, 0.5) is 19.0 Å². The highest BCUT2D eigenvalue weighted by molar-refractivity contribution is 5.87. The Bertz CT molecular complexity index is 1490. The minimum absolute atomic E-state index is 0.0442. The van der Waals surface area contributed by atoms with Crippen molar-refractivity contribution in [2.45, 2.75) is 56.9 Å². The van der Waals surface area contributed by atoms with Gasteiger partial charge in [-0.05, 0) is 38.3 Å². The number of hydrogen-bond donors (Lipinski definition) is 2. The molecule has 1 aliphatic rings. The Balaban J connectivity index is 1.71. The molecule has 2 aromatic heterocycles. The summed E-state index contributed by atoms with van der Waals surface area (Å²) < 4.78 is 51.1. The molecule has 11 heteroatoms. The van der Waals surface area contributed by atoms with E-state index in [2.05, 4.69) is 21.4 Å². The molecule has 0 radical (unpaired) electrons. The molecule has 1 aliphatic carbocycles. The Morgan fingerprint density at radius 1 is 1.35 bits per heavy atom. The Morgan fingerprint density at radius 2 is 2.08 bits per heavy atom. The van der Waals surface area contributed by atoms with E-state index >= 15 is 4.39 Å². The third-order valence-corrected chi connectivity index (χ3v) is 6.75. The molecule has 1 fully saturated rings. The first kappa shape index (κ1) is 26.4. The lowest BCUT2D eigenvalue weighted by molar-refractivity contribution is -0.0852. The number of ether oxygens (including phenoxy) is 1. The lowest BCUT2D eigenvalue weighted by Gasteiger charge is -2.22. The van der Waals surface area contributed by atoms with Gasteiger partial charge in [-0.1, -0.05) is 25.5 Å². The summed E-state index contributed by atoms with van der Waals surface area (Å²) in [5.74, 6) is -4.48. The van der Waals surface area contributed by atoms with Crippen molar-refractivity contribution >= 4 is 16.9 Å². The molecule has 1 atom stereocenters. The number of H-pyrrole nitrogens is 1. The second-order valence-corrected chi connectivity index (χ2v) is 9.46. The number of alkyl halides is 2. The highest BCUT2D eigenvalue weighted by Crippen LogP contribution is 2.46. The Morgan fingerprint density at radius 3 is 2.73 bits per heavy atom. The van der Waals surface area contributed by atoms with E-state index in [0.29, 0.717) is 24.6 Å². The second-order valence-electron chi connectivity index (χ2n) is 9.46. The summed E-state index contributed by atoms with van der Waals surface area (Å²) in [7, 11) is 1.45. The van der Waals surface area contributed by atoms with Crippen molar-refractivity contribution in [3.05, 3.63) is 67.6 Å². The molecule has 196 valence electrons. The van der Waals surface area contributed by atoms with Crippen molar-refractivity contribution in [3.63, 3.8) is 0 Å². The lowest BCUT2D eigenvalue weighted by atomic mass is 9.98. The molecule has 0 aliphatic heterocycles. The summed E-state index contributed by atoms with van der Waals surface area (Å²) in [6, 6.07) is 6.59. The summed E-state index contributed by atoms with van der Waals surface area (Å²) in [6.45, 7) is 2.69. The van der Waals surface area contributed by atoms with Gasteiger partial charge in [0.05, 0.1) is 28.5 Å². The zero-order valence-electron chi connectivity index (χ0n) is 20.8. The van der Waals surface area contributed by atoms with Gasteiger partial charge >= 0.3 is 5.69 Å². The Labute approximate surface area is 211 Å². The van der Waals surface area contributed by atoms with Crippen LogP contribution in [0.15, 0.2) is 33.9 Å². The van der Waals surface area contributed by atoms with Crippen LogP contribution in [0.25, 0.3) is 11.0 Å². The summed E-state index contributed by atoms with van der Waals surface area (Å²) in [4.78, 5) is 31.6. The number of aryl methyl sites for hydroxylation is 1. The summed E-state index contributed by atoms with van der Waals surface area (Å²) in [5.41, 5.74) is -2.54. The first-order chi connectivity index (χ1) is 17.5. The van der Waals surface area contributed by atoms with Gasteiger partial charge in [-0.25, -0.2) is 9.18 Å². The first-order valence-electron chi connectivity index (χ1n) is 12.1. The minimum atomic E-state index is -3.53. The molecule has 0 unspecified atom stereocenters. The number of anilines is 1. The van der Waals surface area contributed by atoms with E-state index < -0.39 is 46.6 Å². The van der Waals surface area contributed by atoms with E-state index in [1.54, 1.807) is 6.92 Å². The van der Waals surface area contributed by atoms with Crippen molar-refractivity contribution in [1.29, 1.82) is 5.26 Å². The zero-order valence-corrected chi connectivity index (χ0v) is 20.8. The standard InChI is InChI=1S/C26H28F3N5O3/c1-4-5-11-37-14-26(28,29)18-8-6-7-16(20(18)27)15(2)31-21-17-12-19(25(13-30)9-10-25)23(35)34(3)22(17)33-24(36)32-21/h6-8,12,15H,4-5,9-11,14H2,1-3H3,(H2,31,32,33,36)/t15-/m1/s1. The molecule has 0 amide bonds. The van der Waals surface area contributed by atoms with Gasteiger partial charge in [0.1, 0.15) is 18.2 Å². The maximum absolute atomic E-state index is 15.3. The molecule has 2 heterocycles. The normalized spacial score (nSPS) is 15.4. The zero-order chi connectivity index (χ0) is 27.0. The fourth-order valence-corrected chi connectivity index (χ4v) is 4.35. The van der Waals surface area contributed by atoms with E-state index in [-0.39, 0.29) is 29.2 Å². The number of nitrogens with one attached hydrogen (secondary N) is 2. The van der Waals surface area contributed by atoms with Crippen LogP contribution in [0, 0.1) is 17.1 Å². The monoisotopic (exact) mass is 515 g/mol. The van der Waals surface area contributed by atoms with E-state index in [1.807, 2.05) is 6.92 Å². The predicted octanol–water partition coefficient (Wildman–Crippen LogP) is 4.40. The number of unbranched alkanes of at least 4 members (excludes halogenated alkanes) is 1. The number of hydrogen-bond acceptors (Lipinski definition) is 6.